The van der Waals surface area contributed by atoms with E-state index >= 15 is 0 Å². The minimum absolute atomic E-state index is 0.0626. The molecule has 164 valence electrons. The number of amides is 1. The maximum atomic E-state index is 12.3. The van der Waals surface area contributed by atoms with Gasteiger partial charge in [0.25, 0.3) is 5.91 Å². The van der Waals surface area contributed by atoms with Crippen LogP contribution in [0.4, 0.5) is 13.2 Å². The van der Waals surface area contributed by atoms with Crippen molar-refractivity contribution in [3.05, 3.63) is 28.7 Å². The summed E-state index contributed by atoms with van der Waals surface area (Å²) in [4.78, 5) is 21.3. The number of carbonyl (C=O) groups is 1. The van der Waals surface area contributed by atoms with Crippen LogP contribution in [0, 0.1) is 0 Å². The number of aliphatic imine (C=N–C) groups is 1. The van der Waals surface area contributed by atoms with Crippen molar-refractivity contribution in [1.29, 1.82) is 0 Å². The molecular formula is C20H24F3N3O3S. The highest BCUT2D eigenvalue weighted by atomic mass is 32.2. The van der Waals surface area contributed by atoms with Gasteiger partial charge in [0, 0.05) is 32.6 Å². The van der Waals surface area contributed by atoms with E-state index in [1.807, 2.05) is 0 Å². The van der Waals surface area contributed by atoms with Gasteiger partial charge >= 0.3 is 6.18 Å². The van der Waals surface area contributed by atoms with Crippen molar-refractivity contribution >= 4 is 28.9 Å². The van der Waals surface area contributed by atoms with E-state index in [0.717, 1.165) is 36.9 Å². The van der Waals surface area contributed by atoms with Gasteiger partial charge in [-0.1, -0.05) is 6.07 Å². The number of hydrogen-bond acceptors (Lipinski definition) is 6. The molecule has 3 rings (SSSR count). The molecule has 10 heteroatoms. The number of halogens is 3. The average molecular weight is 443 g/mol. The van der Waals surface area contributed by atoms with E-state index in [2.05, 4.69) is 21.8 Å². The van der Waals surface area contributed by atoms with Crippen molar-refractivity contribution in [1.82, 2.24) is 9.80 Å². The molecule has 0 bridgehead atoms. The number of piperazine rings is 1. The molecule has 0 spiro atoms. The fourth-order valence-electron chi connectivity index (χ4n) is 3.03. The molecule has 1 aromatic rings. The third-order valence-corrected chi connectivity index (χ3v) is 5.78. The summed E-state index contributed by atoms with van der Waals surface area (Å²) < 4.78 is 47.4. The highest BCUT2D eigenvalue weighted by molar-refractivity contribution is 8.18. The molecule has 0 aromatic heterocycles. The van der Waals surface area contributed by atoms with Crippen LogP contribution in [0.25, 0.3) is 6.08 Å². The maximum absolute atomic E-state index is 12.3. The molecule has 1 fully saturated rings. The number of amidine groups is 1. The smallest absolute Gasteiger partial charge is 0.389 e. The van der Waals surface area contributed by atoms with Gasteiger partial charge in [0.1, 0.15) is 0 Å². The van der Waals surface area contributed by atoms with Crippen LogP contribution in [0.2, 0.25) is 0 Å². The molecule has 30 heavy (non-hydrogen) atoms. The van der Waals surface area contributed by atoms with Gasteiger partial charge in [-0.05, 0) is 49.0 Å². The Kier molecular flexibility index (Phi) is 7.30. The third-order valence-electron chi connectivity index (χ3n) is 4.73. The van der Waals surface area contributed by atoms with E-state index in [0.29, 0.717) is 16.4 Å². The Labute approximate surface area is 177 Å². The Balaban J connectivity index is 1.62. The lowest BCUT2D eigenvalue weighted by molar-refractivity contribution is -0.136. The van der Waals surface area contributed by atoms with E-state index in [-0.39, 0.29) is 18.9 Å². The normalized spacial score (nSPS) is 19.4. The van der Waals surface area contributed by atoms with Crippen molar-refractivity contribution in [3.63, 3.8) is 0 Å². The molecule has 1 saturated heterocycles. The Morgan fingerprint density at radius 2 is 1.93 bits per heavy atom. The summed E-state index contributed by atoms with van der Waals surface area (Å²) in [5, 5.41) is 0.718. The Morgan fingerprint density at radius 1 is 1.20 bits per heavy atom. The highest BCUT2D eigenvalue weighted by Gasteiger charge is 2.28. The van der Waals surface area contributed by atoms with Crippen LogP contribution in [0.3, 0.4) is 0 Å². The second kappa shape index (κ2) is 9.74. The average Bonchev–Trinajstić information content (AvgIpc) is 3.06. The van der Waals surface area contributed by atoms with Crippen LogP contribution in [-0.2, 0) is 4.79 Å². The SMILES string of the molecule is COc1cc(/C=C2\SC(N3CCN(C)CC3)=NC2=O)ccc1OCCCC(F)(F)F. The van der Waals surface area contributed by atoms with E-state index in [4.69, 9.17) is 9.47 Å². The van der Waals surface area contributed by atoms with Crippen LogP contribution < -0.4 is 9.47 Å². The van der Waals surface area contributed by atoms with Crippen LogP contribution in [-0.4, -0.2) is 74.0 Å². The number of methoxy groups -OCH3 is 1. The molecule has 0 N–H and O–H groups in total. The fourth-order valence-corrected chi connectivity index (χ4v) is 4.00. The van der Waals surface area contributed by atoms with Crippen molar-refractivity contribution in [2.75, 3.05) is 46.9 Å². The Hall–Kier alpha value is -2.20. The number of ether oxygens (including phenoxy) is 2. The molecule has 0 atom stereocenters. The second-order valence-corrected chi connectivity index (χ2v) is 8.09. The van der Waals surface area contributed by atoms with Crippen LogP contribution in [0.1, 0.15) is 18.4 Å². The minimum Gasteiger partial charge on any atom is -0.493 e. The number of likely N-dealkylation sites (N-methyl/N-ethyl adjacent to an activating group) is 1. The van der Waals surface area contributed by atoms with Gasteiger partial charge in [-0.15, -0.1) is 0 Å². The molecule has 1 amide bonds. The third kappa shape index (κ3) is 6.15. The van der Waals surface area contributed by atoms with Gasteiger partial charge in [-0.3, -0.25) is 4.79 Å². The number of carbonyl (C=O) groups excluding carboxylic acids is 1. The molecule has 0 aliphatic carbocycles. The van der Waals surface area contributed by atoms with E-state index in [1.165, 1.54) is 18.9 Å². The van der Waals surface area contributed by atoms with E-state index < -0.39 is 12.6 Å². The number of thioether (sulfide) groups is 1. The molecule has 2 aliphatic heterocycles. The van der Waals surface area contributed by atoms with Crippen LogP contribution >= 0.6 is 11.8 Å². The zero-order chi connectivity index (χ0) is 21.7. The highest BCUT2D eigenvalue weighted by Crippen LogP contribution is 2.34. The Morgan fingerprint density at radius 3 is 2.60 bits per heavy atom. The van der Waals surface area contributed by atoms with E-state index in [9.17, 15) is 18.0 Å². The summed E-state index contributed by atoms with van der Waals surface area (Å²) in [6, 6.07) is 5.05. The number of alkyl halides is 3. The van der Waals surface area contributed by atoms with E-state index in [1.54, 1.807) is 24.3 Å². The maximum Gasteiger partial charge on any atom is 0.389 e. The second-order valence-electron chi connectivity index (χ2n) is 7.08. The number of hydrogen-bond donors (Lipinski definition) is 0. The van der Waals surface area contributed by atoms with Gasteiger partial charge in [0.15, 0.2) is 16.7 Å². The first-order chi connectivity index (χ1) is 14.2. The molecule has 1 aromatic carbocycles. The lowest BCUT2D eigenvalue weighted by Gasteiger charge is -2.32. The van der Waals surface area contributed by atoms with Crippen LogP contribution in [0.15, 0.2) is 28.1 Å². The fraction of sp³-hybridized carbons (Fsp3) is 0.500. The molecule has 0 saturated carbocycles. The quantitative estimate of drug-likeness (QED) is 0.494. The largest absolute Gasteiger partial charge is 0.493 e. The summed E-state index contributed by atoms with van der Waals surface area (Å²) in [5.74, 6) is 0.481. The zero-order valence-corrected chi connectivity index (χ0v) is 17.7. The van der Waals surface area contributed by atoms with Gasteiger partial charge in [0.2, 0.25) is 0 Å². The lowest BCUT2D eigenvalue weighted by atomic mass is 10.2. The summed E-state index contributed by atoms with van der Waals surface area (Å²) in [5.41, 5.74) is 0.722. The number of benzene rings is 1. The van der Waals surface area contributed by atoms with Crippen molar-refractivity contribution < 1.29 is 27.4 Å². The minimum atomic E-state index is -4.19. The van der Waals surface area contributed by atoms with Crippen molar-refractivity contribution in [2.24, 2.45) is 4.99 Å². The first-order valence-electron chi connectivity index (χ1n) is 9.59. The molecule has 6 nitrogen and oxygen atoms in total. The molecule has 0 radical (unpaired) electrons. The molecular weight excluding hydrogens is 419 g/mol. The summed E-state index contributed by atoms with van der Waals surface area (Å²) in [6.45, 7) is 3.45. The summed E-state index contributed by atoms with van der Waals surface area (Å²) in [7, 11) is 3.52. The van der Waals surface area contributed by atoms with Gasteiger partial charge < -0.3 is 19.3 Å². The first kappa shape index (κ1) is 22.5. The number of nitrogens with zero attached hydrogens (tertiary/aromatic N) is 3. The van der Waals surface area contributed by atoms with Crippen molar-refractivity contribution in [3.8, 4) is 11.5 Å². The first-order valence-corrected chi connectivity index (χ1v) is 10.4. The van der Waals surface area contributed by atoms with Crippen LogP contribution in [0.5, 0.6) is 11.5 Å². The molecule has 2 aliphatic rings. The number of rotatable bonds is 6. The lowest BCUT2D eigenvalue weighted by Crippen LogP contribution is -2.46. The molecule has 0 unspecified atom stereocenters. The summed E-state index contributed by atoms with van der Waals surface area (Å²) >= 11 is 1.35. The van der Waals surface area contributed by atoms with Gasteiger partial charge in [-0.25, -0.2) is 0 Å². The molecule has 2 heterocycles. The topological polar surface area (TPSA) is 54.4 Å². The zero-order valence-electron chi connectivity index (χ0n) is 16.9. The van der Waals surface area contributed by atoms with Gasteiger partial charge in [0.05, 0.1) is 18.6 Å². The monoisotopic (exact) mass is 443 g/mol. The van der Waals surface area contributed by atoms with Gasteiger partial charge in [-0.2, -0.15) is 18.2 Å². The standard InChI is InChI=1S/C20H24F3N3O3S/c1-25-7-9-26(10-8-25)19-24-18(27)17(30-19)13-14-4-5-15(16(12-14)28-2)29-11-3-6-20(21,22)23/h4-5,12-13H,3,6-11H2,1-2H3/b17-13-. The predicted molar refractivity (Wildman–Crippen MR) is 111 cm³/mol. The van der Waals surface area contributed by atoms with Crippen molar-refractivity contribution in [2.45, 2.75) is 19.0 Å². The summed E-state index contributed by atoms with van der Waals surface area (Å²) in [6.07, 6.45) is -3.49. The Bertz CT molecular complexity index is 834. The predicted octanol–water partition coefficient (Wildman–Crippen LogP) is 3.63.